The average molecular weight is 322 g/mol. The molecule has 1 saturated heterocycles. The predicted octanol–water partition coefficient (Wildman–Crippen LogP) is 3.47. The molecular formula is C20H18O4. The molecule has 2 heterocycles. The van der Waals surface area contributed by atoms with Crippen LogP contribution in [0.4, 0.5) is 0 Å². The molecule has 0 spiro atoms. The number of fused-ring (bicyclic) bond motifs is 1. The third-order valence-electron chi connectivity index (χ3n) is 4.32. The van der Waals surface area contributed by atoms with Crippen LogP contribution in [0.1, 0.15) is 16.7 Å². The maximum Gasteiger partial charge on any atom is 0.340 e. The molecule has 4 rings (SSSR count). The van der Waals surface area contributed by atoms with Crippen LogP contribution < -0.4 is 10.4 Å². The molecule has 0 radical (unpaired) electrons. The third kappa shape index (κ3) is 3.05. The van der Waals surface area contributed by atoms with Crippen LogP contribution in [0.2, 0.25) is 0 Å². The van der Waals surface area contributed by atoms with Gasteiger partial charge in [0.05, 0.1) is 6.61 Å². The summed E-state index contributed by atoms with van der Waals surface area (Å²) >= 11 is 0. The molecule has 0 N–H and O–H groups in total. The van der Waals surface area contributed by atoms with Crippen molar-refractivity contribution < 1.29 is 13.9 Å². The SMILES string of the molecule is Cc1c(Cc2ccccc2)c(=O)oc2cc(OC[C@H]3CO3)ccc12. The van der Waals surface area contributed by atoms with Gasteiger partial charge < -0.3 is 13.9 Å². The first-order valence-electron chi connectivity index (χ1n) is 8.05. The van der Waals surface area contributed by atoms with Gasteiger partial charge in [-0.3, -0.25) is 0 Å². The number of rotatable bonds is 5. The van der Waals surface area contributed by atoms with Gasteiger partial charge in [-0.25, -0.2) is 4.79 Å². The number of benzene rings is 2. The van der Waals surface area contributed by atoms with Crippen molar-refractivity contribution in [3.63, 3.8) is 0 Å². The van der Waals surface area contributed by atoms with E-state index >= 15 is 0 Å². The Morgan fingerprint density at radius 3 is 2.71 bits per heavy atom. The first-order valence-corrected chi connectivity index (χ1v) is 8.05. The van der Waals surface area contributed by atoms with Crippen LogP contribution in [0.25, 0.3) is 11.0 Å². The van der Waals surface area contributed by atoms with E-state index in [1.165, 1.54) is 0 Å². The Kier molecular flexibility index (Phi) is 3.82. The van der Waals surface area contributed by atoms with E-state index < -0.39 is 0 Å². The lowest BCUT2D eigenvalue weighted by atomic mass is 10.00. The quantitative estimate of drug-likeness (QED) is 0.533. The van der Waals surface area contributed by atoms with Gasteiger partial charge in [0.25, 0.3) is 0 Å². The van der Waals surface area contributed by atoms with E-state index in [-0.39, 0.29) is 11.7 Å². The fraction of sp³-hybridized carbons (Fsp3) is 0.250. The third-order valence-corrected chi connectivity index (χ3v) is 4.32. The zero-order valence-electron chi connectivity index (χ0n) is 13.5. The van der Waals surface area contributed by atoms with Crippen molar-refractivity contribution in [2.45, 2.75) is 19.4 Å². The lowest BCUT2D eigenvalue weighted by Gasteiger charge is -2.10. The number of aryl methyl sites for hydroxylation is 1. The van der Waals surface area contributed by atoms with Gasteiger partial charge in [0.2, 0.25) is 0 Å². The number of hydrogen-bond donors (Lipinski definition) is 0. The minimum absolute atomic E-state index is 0.197. The Bertz CT molecular complexity index is 924. The van der Waals surface area contributed by atoms with Crippen LogP contribution in [-0.4, -0.2) is 19.3 Å². The van der Waals surface area contributed by atoms with E-state index in [4.69, 9.17) is 13.9 Å². The standard InChI is InChI=1S/C20H18O4/c1-13-17-8-7-15(22-11-16-12-23-16)10-19(17)24-20(21)18(13)9-14-5-3-2-4-6-14/h2-8,10,16H,9,11-12H2,1H3/t16-/m0/s1. The molecule has 3 aromatic rings. The number of hydrogen-bond acceptors (Lipinski definition) is 4. The molecule has 0 unspecified atom stereocenters. The van der Waals surface area contributed by atoms with E-state index in [0.717, 1.165) is 23.1 Å². The summed E-state index contributed by atoms with van der Waals surface area (Å²) in [6.07, 6.45) is 0.769. The minimum Gasteiger partial charge on any atom is -0.491 e. The fourth-order valence-corrected chi connectivity index (χ4v) is 2.82. The summed E-state index contributed by atoms with van der Waals surface area (Å²) < 4.78 is 16.3. The Balaban J connectivity index is 1.68. The van der Waals surface area contributed by atoms with Crippen molar-refractivity contribution in [2.24, 2.45) is 0 Å². The molecule has 2 aromatic carbocycles. The summed E-state index contributed by atoms with van der Waals surface area (Å²) in [6.45, 7) is 3.25. The highest BCUT2D eigenvalue weighted by Crippen LogP contribution is 2.25. The molecule has 0 saturated carbocycles. The van der Waals surface area contributed by atoms with Gasteiger partial charge >= 0.3 is 5.63 Å². The van der Waals surface area contributed by atoms with Crippen molar-refractivity contribution in [3.8, 4) is 5.75 Å². The summed E-state index contributed by atoms with van der Waals surface area (Å²) in [7, 11) is 0. The highest BCUT2D eigenvalue weighted by atomic mass is 16.6. The molecule has 4 nitrogen and oxygen atoms in total. The van der Waals surface area contributed by atoms with Gasteiger partial charge in [-0.15, -0.1) is 0 Å². The maximum atomic E-state index is 12.4. The van der Waals surface area contributed by atoms with Crippen molar-refractivity contribution in [1.29, 1.82) is 0 Å². The second kappa shape index (κ2) is 6.13. The van der Waals surface area contributed by atoms with Crippen LogP contribution in [-0.2, 0) is 11.2 Å². The average Bonchev–Trinajstić information content (AvgIpc) is 3.42. The van der Waals surface area contributed by atoms with Gasteiger partial charge in [0, 0.05) is 23.4 Å². The predicted molar refractivity (Wildman–Crippen MR) is 91.7 cm³/mol. The van der Waals surface area contributed by atoms with Crippen LogP contribution >= 0.6 is 0 Å². The van der Waals surface area contributed by atoms with Crippen molar-refractivity contribution in [1.82, 2.24) is 0 Å². The Hall–Kier alpha value is -2.59. The van der Waals surface area contributed by atoms with E-state index in [1.54, 1.807) is 6.07 Å². The lowest BCUT2D eigenvalue weighted by Crippen LogP contribution is -2.11. The molecule has 4 heteroatoms. The molecule has 122 valence electrons. The molecule has 24 heavy (non-hydrogen) atoms. The van der Waals surface area contributed by atoms with Gasteiger partial charge in [-0.1, -0.05) is 30.3 Å². The molecule has 1 aromatic heterocycles. The normalized spacial score (nSPS) is 16.3. The number of ether oxygens (including phenoxy) is 2. The molecule has 0 amide bonds. The molecule has 1 atom stereocenters. The zero-order valence-corrected chi connectivity index (χ0v) is 13.5. The molecule has 0 bridgehead atoms. The van der Waals surface area contributed by atoms with Crippen LogP contribution in [0.3, 0.4) is 0 Å². The molecule has 0 aliphatic carbocycles. The fourth-order valence-electron chi connectivity index (χ4n) is 2.82. The largest absolute Gasteiger partial charge is 0.491 e. The van der Waals surface area contributed by atoms with Gasteiger partial charge in [-0.2, -0.15) is 0 Å². The van der Waals surface area contributed by atoms with E-state index in [1.807, 2.05) is 49.4 Å². The smallest absolute Gasteiger partial charge is 0.340 e. The van der Waals surface area contributed by atoms with E-state index in [9.17, 15) is 4.79 Å². The summed E-state index contributed by atoms with van der Waals surface area (Å²) in [4.78, 5) is 12.4. The van der Waals surface area contributed by atoms with Crippen LogP contribution in [0.5, 0.6) is 5.75 Å². The maximum absolute atomic E-state index is 12.4. The second-order valence-electron chi connectivity index (χ2n) is 6.08. The minimum atomic E-state index is -0.286. The monoisotopic (exact) mass is 322 g/mol. The Morgan fingerprint density at radius 1 is 1.17 bits per heavy atom. The van der Waals surface area contributed by atoms with Crippen molar-refractivity contribution >= 4 is 11.0 Å². The Morgan fingerprint density at radius 2 is 1.96 bits per heavy atom. The molecule has 1 aliphatic heterocycles. The summed E-state index contributed by atoms with van der Waals surface area (Å²) in [6, 6.07) is 15.6. The van der Waals surface area contributed by atoms with Gasteiger partial charge in [0.15, 0.2) is 0 Å². The van der Waals surface area contributed by atoms with E-state index in [2.05, 4.69) is 0 Å². The highest BCUT2D eigenvalue weighted by molar-refractivity contribution is 5.82. The zero-order chi connectivity index (χ0) is 16.5. The molecule has 1 aliphatic rings. The summed E-state index contributed by atoms with van der Waals surface area (Å²) in [5.74, 6) is 0.691. The summed E-state index contributed by atoms with van der Waals surface area (Å²) in [5.41, 5.74) is 3.03. The lowest BCUT2D eigenvalue weighted by molar-refractivity contribution is 0.263. The molecule has 1 fully saturated rings. The Labute approximate surface area is 139 Å². The molecular weight excluding hydrogens is 304 g/mol. The first-order chi connectivity index (χ1) is 11.7. The topological polar surface area (TPSA) is 52.0 Å². The first kappa shape index (κ1) is 15.0. The van der Waals surface area contributed by atoms with Crippen LogP contribution in [0.15, 0.2) is 57.7 Å². The highest BCUT2D eigenvalue weighted by Gasteiger charge is 2.23. The van der Waals surface area contributed by atoms with Crippen molar-refractivity contribution in [2.75, 3.05) is 13.2 Å². The van der Waals surface area contributed by atoms with Crippen molar-refractivity contribution in [3.05, 3.63) is 75.6 Å². The number of epoxide rings is 1. The van der Waals surface area contributed by atoms with Gasteiger partial charge in [0.1, 0.15) is 24.0 Å². The summed E-state index contributed by atoms with van der Waals surface area (Å²) in [5, 5.41) is 0.940. The van der Waals surface area contributed by atoms with Crippen LogP contribution in [0, 0.1) is 6.92 Å². The van der Waals surface area contributed by atoms with Gasteiger partial charge in [-0.05, 0) is 30.2 Å². The van der Waals surface area contributed by atoms with E-state index in [0.29, 0.717) is 29.9 Å². The second-order valence-corrected chi connectivity index (χ2v) is 6.08.